The minimum absolute atomic E-state index is 0.545. The zero-order valence-electron chi connectivity index (χ0n) is 11.0. The first-order valence-corrected chi connectivity index (χ1v) is 7.67. The second-order valence-corrected chi connectivity index (χ2v) is 5.89. The Morgan fingerprint density at radius 1 is 1.30 bits per heavy atom. The summed E-state index contributed by atoms with van der Waals surface area (Å²) in [5.41, 5.74) is 4.27. The van der Waals surface area contributed by atoms with Gasteiger partial charge in [0.25, 0.3) is 0 Å². The zero-order valence-corrected chi connectivity index (χ0v) is 13.3. The second kappa shape index (κ2) is 5.54. The van der Waals surface area contributed by atoms with E-state index in [2.05, 4.69) is 49.5 Å². The molecule has 0 aliphatic carbocycles. The van der Waals surface area contributed by atoms with Gasteiger partial charge in [0.2, 0.25) is 0 Å². The quantitative estimate of drug-likeness (QED) is 0.660. The summed E-state index contributed by atoms with van der Waals surface area (Å²) >= 11 is 9.45. The second-order valence-electron chi connectivity index (χ2n) is 4.60. The molecular weight excluding hydrogens is 338 g/mol. The molecule has 0 atom stereocenters. The SMILES string of the molecule is Cc1ccc(Br)cc1-n1c(CCCl)nc2cnccc21. The summed E-state index contributed by atoms with van der Waals surface area (Å²) in [6.45, 7) is 2.10. The lowest BCUT2D eigenvalue weighted by Crippen LogP contribution is -2.04. The third-order valence-corrected chi connectivity index (χ3v) is 3.94. The van der Waals surface area contributed by atoms with Crippen molar-refractivity contribution in [3.05, 3.63) is 52.5 Å². The van der Waals surface area contributed by atoms with Gasteiger partial charge < -0.3 is 0 Å². The maximum absolute atomic E-state index is 5.92. The molecular formula is C15H13BrClN3. The Hall–Kier alpha value is -1.39. The monoisotopic (exact) mass is 349 g/mol. The molecule has 3 aromatic rings. The summed E-state index contributed by atoms with van der Waals surface area (Å²) in [4.78, 5) is 8.79. The van der Waals surface area contributed by atoms with E-state index in [9.17, 15) is 0 Å². The van der Waals surface area contributed by atoms with Crippen LogP contribution < -0.4 is 0 Å². The number of hydrogen-bond acceptors (Lipinski definition) is 2. The first-order chi connectivity index (χ1) is 9.70. The summed E-state index contributed by atoms with van der Waals surface area (Å²) in [5.74, 6) is 1.51. The van der Waals surface area contributed by atoms with Crippen molar-refractivity contribution in [1.82, 2.24) is 14.5 Å². The highest BCUT2D eigenvalue weighted by atomic mass is 79.9. The molecule has 0 saturated carbocycles. The molecule has 20 heavy (non-hydrogen) atoms. The number of rotatable bonds is 3. The third-order valence-electron chi connectivity index (χ3n) is 3.26. The average molecular weight is 351 g/mol. The maximum Gasteiger partial charge on any atom is 0.115 e. The fraction of sp³-hybridized carbons (Fsp3) is 0.200. The number of pyridine rings is 1. The minimum atomic E-state index is 0.545. The number of imidazole rings is 1. The number of nitrogens with zero attached hydrogens (tertiary/aromatic N) is 3. The topological polar surface area (TPSA) is 30.7 Å². The maximum atomic E-state index is 5.92. The summed E-state index contributed by atoms with van der Waals surface area (Å²) in [5, 5.41) is 0. The van der Waals surface area contributed by atoms with Gasteiger partial charge >= 0.3 is 0 Å². The van der Waals surface area contributed by atoms with Crippen LogP contribution in [0.5, 0.6) is 0 Å². The van der Waals surface area contributed by atoms with Gasteiger partial charge in [-0.1, -0.05) is 22.0 Å². The van der Waals surface area contributed by atoms with E-state index in [1.807, 2.05) is 12.1 Å². The molecule has 0 fully saturated rings. The molecule has 0 radical (unpaired) electrons. The van der Waals surface area contributed by atoms with E-state index in [1.54, 1.807) is 12.4 Å². The van der Waals surface area contributed by atoms with Gasteiger partial charge in [0.05, 0.1) is 17.4 Å². The van der Waals surface area contributed by atoms with E-state index in [4.69, 9.17) is 11.6 Å². The largest absolute Gasteiger partial charge is 0.296 e. The molecule has 1 aromatic carbocycles. The number of fused-ring (bicyclic) bond motifs is 1. The molecule has 3 rings (SSSR count). The highest BCUT2D eigenvalue weighted by molar-refractivity contribution is 9.10. The zero-order chi connectivity index (χ0) is 14.1. The van der Waals surface area contributed by atoms with Gasteiger partial charge in [-0.15, -0.1) is 11.6 Å². The van der Waals surface area contributed by atoms with Crippen molar-refractivity contribution in [1.29, 1.82) is 0 Å². The van der Waals surface area contributed by atoms with Gasteiger partial charge in [0.15, 0.2) is 0 Å². The molecule has 0 saturated heterocycles. The molecule has 0 amide bonds. The molecule has 5 heteroatoms. The van der Waals surface area contributed by atoms with Crippen molar-refractivity contribution in [3.8, 4) is 5.69 Å². The Labute approximate surface area is 130 Å². The van der Waals surface area contributed by atoms with Crippen LogP contribution in [0.1, 0.15) is 11.4 Å². The van der Waals surface area contributed by atoms with Crippen molar-refractivity contribution >= 4 is 38.6 Å². The standard InChI is InChI=1S/C15H13BrClN3/c1-10-2-3-11(16)8-14(10)20-13-5-7-18-9-12(13)19-15(20)4-6-17/h2-3,5,7-9H,4,6H2,1H3. The Morgan fingerprint density at radius 2 is 2.15 bits per heavy atom. The van der Waals surface area contributed by atoms with Crippen molar-refractivity contribution in [2.45, 2.75) is 13.3 Å². The molecule has 0 unspecified atom stereocenters. The third kappa shape index (κ3) is 2.34. The Balaban J connectivity index is 2.33. The molecule has 102 valence electrons. The van der Waals surface area contributed by atoms with Crippen LogP contribution in [0.3, 0.4) is 0 Å². The van der Waals surface area contributed by atoms with Gasteiger partial charge in [-0.2, -0.15) is 0 Å². The van der Waals surface area contributed by atoms with Crippen LogP contribution in [-0.2, 0) is 6.42 Å². The van der Waals surface area contributed by atoms with Crippen molar-refractivity contribution in [2.24, 2.45) is 0 Å². The number of hydrogen-bond donors (Lipinski definition) is 0. The predicted octanol–water partition coefficient (Wildman–Crippen LogP) is 4.27. The normalized spacial score (nSPS) is 11.2. The number of aromatic nitrogens is 3. The van der Waals surface area contributed by atoms with Crippen LogP contribution in [0.15, 0.2) is 41.1 Å². The van der Waals surface area contributed by atoms with Crippen LogP contribution in [0, 0.1) is 6.92 Å². The van der Waals surface area contributed by atoms with Crippen LogP contribution in [0.4, 0.5) is 0 Å². The summed E-state index contributed by atoms with van der Waals surface area (Å²) in [7, 11) is 0. The van der Waals surface area contributed by atoms with E-state index in [0.717, 1.165) is 33.4 Å². The van der Waals surface area contributed by atoms with Crippen molar-refractivity contribution in [3.63, 3.8) is 0 Å². The van der Waals surface area contributed by atoms with E-state index in [-0.39, 0.29) is 0 Å². The van der Waals surface area contributed by atoms with Gasteiger partial charge in [0.1, 0.15) is 11.3 Å². The number of benzene rings is 1. The molecule has 0 spiro atoms. The lowest BCUT2D eigenvalue weighted by molar-refractivity contribution is 0.906. The Bertz CT molecular complexity index is 767. The minimum Gasteiger partial charge on any atom is -0.296 e. The first kappa shape index (κ1) is 13.6. The van der Waals surface area contributed by atoms with Crippen LogP contribution in [0.25, 0.3) is 16.7 Å². The molecule has 3 nitrogen and oxygen atoms in total. The Kier molecular flexibility index (Phi) is 3.76. The first-order valence-electron chi connectivity index (χ1n) is 6.34. The highest BCUT2D eigenvalue weighted by Crippen LogP contribution is 2.26. The summed E-state index contributed by atoms with van der Waals surface area (Å²) < 4.78 is 3.21. The lowest BCUT2D eigenvalue weighted by Gasteiger charge is -2.12. The molecule has 0 N–H and O–H groups in total. The van der Waals surface area contributed by atoms with E-state index in [1.165, 1.54) is 5.56 Å². The lowest BCUT2D eigenvalue weighted by atomic mass is 10.2. The Morgan fingerprint density at radius 3 is 2.95 bits per heavy atom. The van der Waals surface area contributed by atoms with Gasteiger partial charge in [-0.25, -0.2) is 4.98 Å². The van der Waals surface area contributed by atoms with Crippen LogP contribution in [-0.4, -0.2) is 20.4 Å². The van der Waals surface area contributed by atoms with Crippen LogP contribution in [0.2, 0.25) is 0 Å². The molecule has 2 heterocycles. The van der Waals surface area contributed by atoms with Crippen molar-refractivity contribution < 1.29 is 0 Å². The molecule has 0 bridgehead atoms. The summed E-state index contributed by atoms with van der Waals surface area (Å²) in [6, 6.07) is 8.23. The molecule has 0 aliphatic heterocycles. The van der Waals surface area contributed by atoms with E-state index >= 15 is 0 Å². The van der Waals surface area contributed by atoms with E-state index in [0.29, 0.717) is 5.88 Å². The number of aryl methyl sites for hydroxylation is 2. The van der Waals surface area contributed by atoms with E-state index < -0.39 is 0 Å². The molecule has 2 aromatic heterocycles. The van der Waals surface area contributed by atoms with Crippen LogP contribution >= 0.6 is 27.5 Å². The predicted molar refractivity (Wildman–Crippen MR) is 85.7 cm³/mol. The highest BCUT2D eigenvalue weighted by Gasteiger charge is 2.13. The van der Waals surface area contributed by atoms with Gasteiger partial charge in [-0.05, 0) is 30.7 Å². The fourth-order valence-electron chi connectivity index (χ4n) is 2.33. The smallest absolute Gasteiger partial charge is 0.115 e. The fourth-order valence-corrected chi connectivity index (χ4v) is 2.84. The average Bonchev–Trinajstić information content (AvgIpc) is 2.80. The van der Waals surface area contributed by atoms with Gasteiger partial charge in [-0.3, -0.25) is 9.55 Å². The molecule has 0 aliphatic rings. The van der Waals surface area contributed by atoms with Gasteiger partial charge in [0, 0.05) is 23.0 Å². The van der Waals surface area contributed by atoms with Crippen molar-refractivity contribution in [2.75, 3.05) is 5.88 Å². The number of halogens is 2. The number of alkyl halides is 1. The summed E-state index contributed by atoms with van der Waals surface area (Å²) in [6.07, 6.45) is 4.30.